The third-order valence-electron chi connectivity index (χ3n) is 2.00. The van der Waals surface area contributed by atoms with Crippen LogP contribution >= 0.6 is 11.8 Å². The molecule has 0 aliphatic rings. The summed E-state index contributed by atoms with van der Waals surface area (Å²) in [6.07, 6.45) is 2.46. The molecule has 1 aromatic heterocycles. The second kappa shape index (κ2) is 6.79. The lowest BCUT2D eigenvalue weighted by atomic mass is 10.1. The van der Waals surface area contributed by atoms with Gasteiger partial charge in [-0.2, -0.15) is 0 Å². The van der Waals surface area contributed by atoms with Crippen molar-refractivity contribution in [2.45, 2.75) is 38.4 Å². The van der Waals surface area contributed by atoms with E-state index in [1.165, 1.54) is 12.8 Å². The van der Waals surface area contributed by atoms with Gasteiger partial charge in [-0.3, -0.25) is 0 Å². The molecule has 1 aromatic rings. The Bertz CT molecular complexity index is 273. The topological polar surface area (TPSA) is 69.6 Å². The summed E-state index contributed by atoms with van der Waals surface area (Å²) in [6, 6.07) is 0. The molecule has 0 radical (unpaired) electrons. The Labute approximate surface area is 94.8 Å². The minimum absolute atomic E-state index is 0.574. The molecule has 1 rings (SSSR count). The summed E-state index contributed by atoms with van der Waals surface area (Å²) in [5.74, 6) is 1.84. The number of thioether (sulfide) groups is 1. The van der Waals surface area contributed by atoms with Gasteiger partial charge in [0.05, 0.1) is 6.54 Å². The van der Waals surface area contributed by atoms with Gasteiger partial charge in [0.2, 0.25) is 5.16 Å². The molecule has 0 unspecified atom stereocenters. The molecule has 0 amide bonds. The van der Waals surface area contributed by atoms with E-state index in [0.29, 0.717) is 13.1 Å². The van der Waals surface area contributed by atoms with Crippen LogP contribution in [0, 0.1) is 5.92 Å². The van der Waals surface area contributed by atoms with Gasteiger partial charge >= 0.3 is 0 Å². The Hall–Kier alpha value is -0.620. The lowest BCUT2D eigenvalue weighted by Gasteiger charge is -2.04. The van der Waals surface area contributed by atoms with Crippen LogP contribution in [0.25, 0.3) is 0 Å². The minimum atomic E-state index is 0.574. The Balaban J connectivity index is 2.27. The number of aromatic nitrogens is 4. The fourth-order valence-corrected chi connectivity index (χ4v) is 2.08. The average Bonchev–Trinajstić information content (AvgIpc) is 2.61. The van der Waals surface area contributed by atoms with Crippen LogP contribution in [-0.2, 0) is 6.54 Å². The molecule has 0 saturated heterocycles. The van der Waals surface area contributed by atoms with Gasteiger partial charge in [0, 0.05) is 12.3 Å². The first kappa shape index (κ1) is 12.4. The summed E-state index contributed by atoms with van der Waals surface area (Å²) >= 11 is 1.71. The highest BCUT2D eigenvalue weighted by Crippen LogP contribution is 2.16. The number of rotatable bonds is 7. The molecular weight excluding hydrogens is 210 g/mol. The number of nitrogens with zero attached hydrogens (tertiary/aromatic N) is 4. The monoisotopic (exact) mass is 229 g/mol. The zero-order chi connectivity index (χ0) is 11.1. The number of tetrazole rings is 1. The van der Waals surface area contributed by atoms with Crippen molar-refractivity contribution in [3.05, 3.63) is 0 Å². The summed E-state index contributed by atoms with van der Waals surface area (Å²) < 4.78 is 1.76. The van der Waals surface area contributed by atoms with Gasteiger partial charge < -0.3 is 5.73 Å². The maximum atomic E-state index is 5.46. The number of hydrogen-bond acceptors (Lipinski definition) is 5. The van der Waals surface area contributed by atoms with Gasteiger partial charge in [0.1, 0.15) is 0 Å². The summed E-state index contributed by atoms with van der Waals surface area (Å²) in [7, 11) is 0. The molecule has 0 bridgehead atoms. The molecule has 0 spiro atoms. The number of hydrogen-bond donors (Lipinski definition) is 1. The predicted octanol–water partition coefficient (Wildman–Crippen LogP) is 1.16. The Morgan fingerprint density at radius 1 is 1.47 bits per heavy atom. The lowest BCUT2D eigenvalue weighted by molar-refractivity contribution is 0.555. The first-order valence-corrected chi connectivity index (χ1v) is 6.31. The Morgan fingerprint density at radius 2 is 2.27 bits per heavy atom. The minimum Gasteiger partial charge on any atom is -0.329 e. The summed E-state index contributed by atoms with van der Waals surface area (Å²) in [5.41, 5.74) is 5.46. The van der Waals surface area contributed by atoms with Gasteiger partial charge in [-0.1, -0.05) is 32.0 Å². The van der Waals surface area contributed by atoms with Gasteiger partial charge in [-0.05, 0) is 22.8 Å². The van der Waals surface area contributed by atoms with Crippen molar-refractivity contribution in [1.82, 2.24) is 20.2 Å². The third-order valence-corrected chi connectivity index (χ3v) is 3.04. The van der Waals surface area contributed by atoms with Crippen molar-refractivity contribution in [2.24, 2.45) is 11.7 Å². The van der Waals surface area contributed by atoms with Crippen molar-refractivity contribution in [1.29, 1.82) is 0 Å². The van der Waals surface area contributed by atoms with E-state index in [1.54, 1.807) is 16.4 Å². The molecule has 2 N–H and O–H groups in total. The molecule has 0 aliphatic carbocycles. The molecule has 1 heterocycles. The van der Waals surface area contributed by atoms with Crippen LogP contribution in [0.5, 0.6) is 0 Å². The Morgan fingerprint density at radius 3 is 2.93 bits per heavy atom. The van der Waals surface area contributed by atoms with E-state index in [0.717, 1.165) is 16.8 Å². The van der Waals surface area contributed by atoms with E-state index < -0.39 is 0 Å². The molecule has 0 fully saturated rings. The normalized spacial score (nSPS) is 11.2. The van der Waals surface area contributed by atoms with Crippen molar-refractivity contribution in [2.75, 3.05) is 12.3 Å². The Kier molecular flexibility index (Phi) is 5.63. The second-order valence-corrected chi connectivity index (χ2v) is 4.92. The maximum Gasteiger partial charge on any atom is 0.209 e. The molecule has 86 valence electrons. The fourth-order valence-electron chi connectivity index (χ4n) is 1.22. The van der Waals surface area contributed by atoms with E-state index in [4.69, 9.17) is 5.73 Å². The zero-order valence-electron chi connectivity index (χ0n) is 9.39. The predicted molar refractivity (Wildman–Crippen MR) is 61.7 cm³/mol. The van der Waals surface area contributed by atoms with Crippen LogP contribution in [0.1, 0.15) is 26.7 Å². The summed E-state index contributed by atoms with van der Waals surface area (Å²) in [4.78, 5) is 0. The summed E-state index contributed by atoms with van der Waals surface area (Å²) in [6.45, 7) is 5.75. The second-order valence-electron chi connectivity index (χ2n) is 3.86. The average molecular weight is 229 g/mol. The number of nitrogens with two attached hydrogens (primary N) is 1. The smallest absolute Gasteiger partial charge is 0.209 e. The molecule has 15 heavy (non-hydrogen) atoms. The van der Waals surface area contributed by atoms with Crippen LogP contribution < -0.4 is 5.73 Å². The van der Waals surface area contributed by atoms with Crippen LogP contribution in [0.15, 0.2) is 5.16 Å². The van der Waals surface area contributed by atoms with E-state index >= 15 is 0 Å². The van der Waals surface area contributed by atoms with Crippen molar-refractivity contribution >= 4 is 11.8 Å². The van der Waals surface area contributed by atoms with E-state index in [-0.39, 0.29) is 0 Å². The summed E-state index contributed by atoms with van der Waals surface area (Å²) in [5, 5.41) is 12.4. The first-order valence-electron chi connectivity index (χ1n) is 5.33. The van der Waals surface area contributed by atoms with Gasteiger partial charge in [-0.15, -0.1) is 5.10 Å². The van der Waals surface area contributed by atoms with Crippen molar-refractivity contribution in [3.63, 3.8) is 0 Å². The SMILES string of the molecule is CC(C)CCCSc1nnnn1CCN. The molecule has 0 atom stereocenters. The van der Waals surface area contributed by atoms with E-state index in [1.807, 2.05) is 0 Å². The molecule has 6 heteroatoms. The molecule has 5 nitrogen and oxygen atoms in total. The highest BCUT2D eigenvalue weighted by atomic mass is 32.2. The van der Waals surface area contributed by atoms with Gasteiger partial charge in [0.15, 0.2) is 0 Å². The highest BCUT2D eigenvalue weighted by Gasteiger charge is 2.05. The zero-order valence-corrected chi connectivity index (χ0v) is 10.2. The van der Waals surface area contributed by atoms with Crippen LogP contribution in [0.2, 0.25) is 0 Å². The quantitative estimate of drug-likeness (QED) is 0.561. The first-order chi connectivity index (χ1) is 7.24. The van der Waals surface area contributed by atoms with E-state index in [2.05, 4.69) is 29.4 Å². The van der Waals surface area contributed by atoms with Crippen LogP contribution in [0.3, 0.4) is 0 Å². The molecular formula is C9H19N5S. The van der Waals surface area contributed by atoms with Crippen LogP contribution in [0.4, 0.5) is 0 Å². The fraction of sp³-hybridized carbons (Fsp3) is 0.889. The standard InChI is InChI=1S/C9H19N5S/c1-8(2)4-3-7-15-9-11-12-13-14(9)6-5-10/h8H,3-7,10H2,1-2H3. The third kappa shape index (κ3) is 4.61. The van der Waals surface area contributed by atoms with E-state index in [9.17, 15) is 0 Å². The van der Waals surface area contributed by atoms with Gasteiger partial charge in [-0.25, -0.2) is 4.68 Å². The maximum absolute atomic E-state index is 5.46. The van der Waals surface area contributed by atoms with Crippen molar-refractivity contribution < 1.29 is 0 Å². The van der Waals surface area contributed by atoms with Crippen molar-refractivity contribution in [3.8, 4) is 0 Å². The molecule has 0 aliphatic heterocycles. The highest BCUT2D eigenvalue weighted by molar-refractivity contribution is 7.99. The van der Waals surface area contributed by atoms with Crippen LogP contribution in [-0.4, -0.2) is 32.5 Å². The molecule has 0 aromatic carbocycles. The molecule has 0 saturated carbocycles. The lowest BCUT2D eigenvalue weighted by Crippen LogP contribution is -2.12. The largest absolute Gasteiger partial charge is 0.329 e. The van der Waals surface area contributed by atoms with Gasteiger partial charge in [0.25, 0.3) is 0 Å².